The average Bonchev–Trinajstić information content (AvgIpc) is 3.07. The molecule has 0 aliphatic carbocycles. The summed E-state index contributed by atoms with van der Waals surface area (Å²) in [4.78, 5) is 0. The van der Waals surface area contributed by atoms with Crippen LogP contribution in [-0.2, 0) is 32.5 Å². The highest BCUT2D eigenvalue weighted by Gasteiger charge is 2.22. The third kappa shape index (κ3) is 3.16. The summed E-state index contributed by atoms with van der Waals surface area (Å²) in [7, 11) is 0. The SMILES string of the molecule is CCc1nnc2n1C[C@@H](NCc1c(C)nn(CCO)c1C)CC2. The highest BCUT2D eigenvalue weighted by atomic mass is 16.3. The molecule has 2 aromatic rings. The average molecular weight is 318 g/mol. The zero-order valence-electron chi connectivity index (χ0n) is 14.2. The predicted octanol–water partition coefficient (Wildman–Crippen LogP) is 0.751. The van der Waals surface area contributed by atoms with E-state index in [0.717, 1.165) is 55.4 Å². The van der Waals surface area contributed by atoms with Crippen LogP contribution < -0.4 is 5.32 Å². The maximum absolute atomic E-state index is 9.11. The van der Waals surface area contributed by atoms with E-state index in [4.69, 9.17) is 5.11 Å². The maximum atomic E-state index is 9.11. The first-order chi connectivity index (χ1) is 11.1. The van der Waals surface area contributed by atoms with Crippen molar-refractivity contribution in [3.63, 3.8) is 0 Å². The first kappa shape index (κ1) is 16.1. The van der Waals surface area contributed by atoms with Gasteiger partial charge in [0.2, 0.25) is 0 Å². The van der Waals surface area contributed by atoms with Gasteiger partial charge in [0.15, 0.2) is 0 Å². The molecule has 0 aromatic carbocycles. The predicted molar refractivity (Wildman–Crippen MR) is 87.1 cm³/mol. The lowest BCUT2D eigenvalue weighted by Crippen LogP contribution is -2.37. The third-order valence-corrected chi connectivity index (χ3v) is 4.75. The molecule has 1 atom stereocenters. The normalized spacial score (nSPS) is 17.5. The molecule has 7 nitrogen and oxygen atoms in total. The Balaban J connectivity index is 1.66. The summed E-state index contributed by atoms with van der Waals surface area (Å²) in [5, 5.41) is 25.8. The lowest BCUT2D eigenvalue weighted by Gasteiger charge is -2.25. The first-order valence-electron chi connectivity index (χ1n) is 8.42. The highest BCUT2D eigenvalue weighted by Crippen LogP contribution is 2.17. The molecule has 1 aliphatic heterocycles. The minimum Gasteiger partial charge on any atom is -0.394 e. The van der Waals surface area contributed by atoms with Gasteiger partial charge < -0.3 is 15.0 Å². The molecular weight excluding hydrogens is 292 g/mol. The van der Waals surface area contributed by atoms with Crippen molar-refractivity contribution < 1.29 is 5.11 Å². The van der Waals surface area contributed by atoms with Crippen LogP contribution in [0.25, 0.3) is 0 Å². The molecule has 126 valence electrons. The quantitative estimate of drug-likeness (QED) is 0.821. The smallest absolute Gasteiger partial charge is 0.133 e. The van der Waals surface area contributed by atoms with Gasteiger partial charge in [-0.05, 0) is 20.3 Å². The molecule has 0 saturated carbocycles. The van der Waals surface area contributed by atoms with Crippen LogP contribution in [0.4, 0.5) is 0 Å². The van der Waals surface area contributed by atoms with E-state index in [0.29, 0.717) is 12.6 Å². The number of aliphatic hydroxyl groups excluding tert-OH is 1. The van der Waals surface area contributed by atoms with Crippen molar-refractivity contribution in [2.45, 2.75) is 65.7 Å². The van der Waals surface area contributed by atoms with Crippen LogP contribution in [0.15, 0.2) is 0 Å². The summed E-state index contributed by atoms with van der Waals surface area (Å²) in [5.74, 6) is 2.19. The van der Waals surface area contributed by atoms with Gasteiger partial charge in [0.05, 0.1) is 18.8 Å². The second kappa shape index (κ2) is 6.80. The Hall–Kier alpha value is -1.73. The van der Waals surface area contributed by atoms with Gasteiger partial charge in [-0.15, -0.1) is 10.2 Å². The number of nitrogens with one attached hydrogen (secondary N) is 1. The summed E-state index contributed by atoms with van der Waals surface area (Å²) in [6.45, 7) is 8.65. The first-order valence-corrected chi connectivity index (χ1v) is 8.42. The van der Waals surface area contributed by atoms with Crippen LogP contribution >= 0.6 is 0 Å². The van der Waals surface area contributed by atoms with E-state index in [9.17, 15) is 0 Å². The summed E-state index contributed by atoms with van der Waals surface area (Å²) >= 11 is 0. The minimum atomic E-state index is 0.119. The van der Waals surface area contributed by atoms with E-state index in [2.05, 4.69) is 39.0 Å². The summed E-state index contributed by atoms with van der Waals surface area (Å²) in [6, 6.07) is 0.434. The molecule has 0 saturated heterocycles. The highest BCUT2D eigenvalue weighted by molar-refractivity contribution is 5.24. The van der Waals surface area contributed by atoms with Crippen molar-refractivity contribution in [2.24, 2.45) is 0 Å². The number of nitrogens with zero attached hydrogens (tertiary/aromatic N) is 5. The number of aromatic nitrogens is 5. The van der Waals surface area contributed by atoms with Gasteiger partial charge in [0, 0.05) is 43.2 Å². The Bertz CT molecular complexity index is 661. The molecule has 0 bridgehead atoms. The van der Waals surface area contributed by atoms with Gasteiger partial charge in [-0.3, -0.25) is 4.68 Å². The number of hydrogen-bond donors (Lipinski definition) is 2. The molecule has 23 heavy (non-hydrogen) atoms. The second-order valence-corrected chi connectivity index (χ2v) is 6.21. The van der Waals surface area contributed by atoms with E-state index in [1.54, 1.807) is 0 Å². The summed E-state index contributed by atoms with van der Waals surface area (Å²) < 4.78 is 4.15. The van der Waals surface area contributed by atoms with Crippen molar-refractivity contribution >= 4 is 0 Å². The molecule has 7 heteroatoms. The standard InChI is InChI=1S/C16H26N6O/c1-4-15-18-19-16-6-5-13(10-21(15)16)17-9-14-11(2)20-22(7-8-23)12(14)3/h13,17,23H,4-10H2,1-3H3/t13-/m0/s1. The van der Waals surface area contributed by atoms with Gasteiger partial charge in [-0.2, -0.15) is 5.10 Å². The van der Waals surface area contributed by atoms with Gasteiger partial charge in [0.1, 0.15) is 11.6 Å². The molecular formula is C16H26N6O. The third-order valence-electron chi connectivity index (χ3n) is 4.75. The van der Waals surface area contributed by atoms with Crippen molar-refractivity contribution in [2.75, 3.05) is 6.61 Å². The molecule has 3 rings (SSSR count). The molecule has 2 N–H and O–H groups in total. The number of aryl methyl sites for hydroxylation is 3. The Morgan fingerprint density at radius 1 is 1.30 bits per heavy atom. The molecule has 1 aliphatic rings. The van der Waals surface area contributed by atoms with Crippen LogP contribution in [0.3, 0.4) is 0 Å². The molecule has 2 aromatic heterocycles. The number of rotatable bonds is 6. The fraction of sp³-hybridized carbons (Fsp3) is 0.688. The van der Waals surface area contributed by atoms with Gasteiger partial charge in [-0.1, -0.05) is 6.92 Å². The number of aliphatic hydroxyl groups is 1. The minimum absolute atomic E-state index is 0.119. The Kier molecular flexibility index (Phi) is 4.77. The molecule has 0 amide bonds. The van der Waals surface area contributed by atoms with E-state index in [1.807, 2.05) is 11.6 Å². The van der Waals surface area contributed by atoms with Crippen LogP contribution in [0.1, 0.15) is 41.9 Å². The Labute approximate surface area is 136 Å². The van der Waals surface area contributed by atoms with Crippen molar-refractivity contribution in [3.05, 3.63) is 28.6 Å². The van der Waals surface area contributed by atoms with E-state index in [-0.39, 0.29) is 6.61 Å². The lowest BCUT2D eigenvalue weighted by molar-refractivity contribution is 0.267. The zero-order chi connectivity index (χ0) is 16.4. The molecule has 0 radical (unpaired) electrons. The van der Waals surface area contributed by atoms with E-state index >= 15 is 0 Å². The van der Waals surface area contributed by atoms with Crippen molar-refractivity contribution in [1.29, 1.82) is 0 Å². The fourth-order valence-electron chi connectivity index (χ4n) is 3.36. The topological polar surface area (TPSA) is 80.8 Å². The molecule has 3 heterocycles. The van der Waals surface area contributed by atoms with Gasteiger partial charge >= 0.3 is 0 Å². The van der Waals surface area contributed by atoms with E-state index in [1.165, 1.54) is 5.56 Å². The summed E-state index contributed by atoms with van der Waals surface area (Å²) in [6.07, 6.45) is 2.99. The van der Waals surface area contributed by atoms with Crippen LogP contribution in [0.2, 0.25) is 0 Å². The van der Waals surface area contributed by atoms with Crippen LogP contribution in [0, 0.1) is 13.8 Å². The van der Waals surface area contributed by atoms with Gasteiger partial charge in [0.25, 0.3) is 0 Å². The largest absolute Gasteiger partial charge is 0.394 e. The summed E-state index contributed by atoms with van der Waals surface area (Å²) in [5.41, 5.74) is 3.42. The fourth-order valence-corrected chi connectivity index (χ4v) is 3.36. The lowest BCUT2D eigenvalue weighted by atomic mass is 10.1. The number of fused-ring (bicyclic) bond motifs is 1. The van der Waals surface area contributed by atoms with Crippen molar-refractivity contribution in [1.82, 2.24) is 29.9 Å². The molecule has 0 spiro atoms. The number of hydrogen-bond acceptors (Lipinski definition) is 5. The Morgan fingerprint density at radius 3 is 2.87 bits per heavy atom. The van der Waals surface area contributed by atoms with Crippen LogP contribution in [0.5, 0.6) is 0 Å². The monoisotopic (exact) mass is 318 g/mol. The maximum Gasteiger partial charge on any atom is 0.133 e. The van der Waals surface area contributed by atoms with Crippen molar-refractivity contribution in [3.8, 4) is 0 Å². The van der Waals surface area contributed by atoms with Crippen LogP contribution in [-0.4, -0.2) is 42.3 Å². The molecule has 0 unspecified atom stereocenters. The second-order valence-electron chi connectivity index (χ2n) is 6.21. The van der Waals surface area contributed by atoms with Gasteiger partial charge in [-0.25, -0.2) is 0 Å². The Morgan fingerprint density at radius 2 is 2.13 bits per heavy atom. The zero-order valence-corrected chi connectivity index (χ0v) is 14.2. The van der Waals surface area contributed by atoms with E-state index < -0.39 is 0 Å². The molecule has 0 fully saturated rings.